The molecule has 0 aliphatic carbocycles. The largest absolute Gasteiger partial charge is 0.489 e. The van der Waals surface area contributed by atoms with Gasteiger partial charge in [-0.2, -0.15) is 0 Å². The van der Waals surface area contributed by atoms with Crippen LogP contribution in [-0.4, -0.2) is 31.8 Å². The lowest BCUT2D eigenvalue weighted by Crippen LogP contribution is -2.27. The summed E-state index contributed by atoms with van der Waals surface area (Å²) in [5, 5.41) is 2.84. The smallest absolute Gasteiger partial charge is 0.338 e. The normalized spacial score (nSPS) is 10.5. The molecule has 6 nitrogen and oxygen atoms in total. The first-order valence-electron chi connectivity index (χ1n) is 10.7. The number of rotatable bonds is 9. The minimum Gasteiger partial charge on any atom is -0.489 e. The molecule has 6 heteroatoms. The molecule has 3 rings (SSSR count). The third-order valence-electron chi connectivity index (χ3n) is 5.05. The second-order valence-corrected chi connectivity index (χ2v) is 8.00. The number of ether oxygens (including phenoxy) is 2. The molecule has 0 saturated carbocycles. The summed E-state index contributed by atoms with van der Waals surface area (Å²) in [6, 6.07) is 19.6. The molecule has 0 heterocycles. The number of amides is 1. The van der Waals surface area contributed by atoms with Gasteiger partial charge in [0.25, 0.3) is 5.91 Å². The Balaban J connectivity index is 1.92. The van der Waals surface area contributed by atoms with Gasteiger partial charge in [-0.15, -0.1) is 0 Å². The van der Waals surface area contributed by atoms with Crippen LogP contribution in [0.5, 0.6) is 5.75 Å². The Labute approximate surface area is 193 Å². The Morgan fingerprint density at radius 2 is 1.70 bits per heavy atom. The van der Waals surface area contributed by atoms with Gasteiger partial charge in [-0.3, -0.25) is 9.59 Å². The van der Waals surface area contributed by atoms with Gasteiger partial charge in [-0.05, 0) is 52.9 Å². The molecule has 1 amide bonds. The zero-order valence-corrected chi connectivity index (χ0v) is 19.0. The summed E-state index contributed by atoms with van der Waals surface area (Å²) < 4.78 is 10.8. The molecule has 3 aromatic rings. The molecule has 0 spiro atoms. The SMILES string of the molecule is COC(=O)c1cc(C(=O)NCC(C)C)ccc1-c1ccc(OCc2ccccc2)cc1C=O. The number of nitrogens with one attached hydrogen (secondary N) is 1. The number of benzene rings is 3. The standard InChI is InChI=1S/C27H27NO5/c1-18(2)15-28-26(30)20-9-11-24(25(14-20)27(31)32-3)23-12-10-22(13-21(23)16-29)33-17-19-7-5-4-6-8-19/h4-14,16,18H,15,17H2,1-3H3,(H,28,30). The fourth-order valence-corrected chi connectivity index (χ4v) is 3.31. The van der Waals surface area contributed by atoms with Crippen molar-refractivity contribution >= 4 is 18.2 Å². The van der Waals surface area contributed by atoms with Crippen LogP contribution >= 0.6 is 0 Å². The maximum atomic E-state index is 12.5. The van der Waals surface area contributed by atoms with Crippen LogP contribution in [0.1, 0.15) is 50.5 Å². The van der Waals surface area contributed by atoms with Crippen LogP contribution < -0.4 is 10.1 Å². The van der Waals surface area contributed by atoms with E-state index in [1.165, 1.54) is 13.2 Å². The second-order valence-electron chi connectivity index (χ2n) is 8.00. The number of hydrogen-bond acceptors (Lipinski definition) is 5. The molecular weight excluding hydrogens is 418 g/mol. The lowest BCUT2D eigenvalue weighted by atomic mass is 9.94. The first-order chi connectivity index (χ1) is 15.9. The first kappa shape index (κ1) is 23.7. The first-order valence-corrected chi connectivity index (χ1v) is 10.7. The minimum atomic E-state index is -0.593. The van der Waals surface area contributed by atoms with Crippen LogP contribution in [0.3, 0.4) is 0 Å². The summed E-state index contributed by atoms with van der Waals surface area (Å²) in [5.41, 5.74) is 2.97. The van der Waals surface area contributed by atoms with E-state index in [1.807, 2.05) is 44.2 Å². The zero-order chi connectivity index (χ0) is 23.8. The van der Waals surface area contributed by atoms with E-state index in [2.05, 4.69) is 5.32 Å². The monoisotopic (exact) mass is 445 g/mol. The van der Waals surface area contributed by atoms with E-state index in [9.17, 15) is 14.4 Å². The Morgan fingerprint density at radius 1 is 0.970 bits per heavy atom. The molecule has 3 aromatic carbocycles. The van der Waals surface area contributed by atoms with Crippen molar-refractivity contribution in [1.82, 2.24) is 5.32 Å². The van der Waals surface area contributed by atoms with Gasteiger partial charge in [0.15, 0.2) is 6.29 Å². The summed E-state index contributed by atoms with van der Waals surface area (Å²) in [6.45, 7) is 4.88. The van der Waals surface area contributed by atoms with Crippen molar-refractivity contribution in [3.05, 3.63) is 89.0 Å². The van der Waals surface area contributed by atoms with Gasteiger partial charge >= 0.3 is 5.97 Å². The van der Waals surface area contributed by atoms with E-state index in [0.717, 1.165) is 11.8 Å². The van der Waals surface area contributed by atoms with E-state index >= 15 is 0 Å². The highest BCUT2D eigenvalue weighted by atomic mass is 16.5. The van der Waals surface area contributed by atoms with Crippen molar-refractivity contribution < 1.29 is 23.9 Å². The van der Waals surface area contributed by atoms with E-state index in [4.69, 9.17) is 9.47 Å². The topological polar surface area (TPSA) is 81.7 Å². The van der Waals surface area contributed by atoms with Crippen LogP contribution in [0.4, 0.5) is 0 Å². The average Bonchev–Trinajstić information content (AvgIpc) is 2.85. The number of aldehydes is 1. The molecule has 170 valence electrons. The van der Waals surface area contributed by atoms with Gasteiger partial charge in [0, 0.05) is 17.7 Å². The van der Waals surface area contributed by atoms with Crippen molar-refractivity contribution in [3.8, 4) is 16.9 Å². The van der Waals surface area contributed by atoms with Crippen LogP contribution in [0.15, 0.2) is 66.7 Å². The molecule has 0 fully saturated rings. The van der Waals surface area contributed by atoms with E-state index in [0.29, 0.717) is 47.1 Å². The molecular formula is C27H27NO5. The predicted octanol–water partition coefficient (Wildman–Crippen LogP) is 4.92. The number of carbonyl (C=O) groups is 3. The Bertz CT molecular complexity index is 1140. The third-order valence-corrected chi connectivity index (χ3v) is 5.05. The fraction of sp³-hybridized carbons (Fsp3) is 0.222. The molecule has 0 bridgehead atoms. The molecule has 0 aliphatic rings. The number of carbonyl (C=O) groups excluding carboxylic acids is 3. The van der Waals surface area contributed by atoms with Gasteiger partial charge in [-0.25, -0.2) is 4.79 Å². The van der Waals surface area contributed by atoms with Crippen molar-refractivity contribution in [2.45, 2.75) is 20.5 Å². The summed E-state index contributed by atoms with van der Waals surface area (Å²) >= 11 is 0. The fourth-order valence-electron chi connectivity index (χ4n) is 3.31. The van der Waals surface area contributed by atoms with Gasteiger partial charge < -0.3 is 14.8 Å². The van der Waals surface area contributed by atoms with Gasteiger partial charge in [0.2, 0.25) is 0 Å². The van der Waals surface area contributed by atoms with E-state index in [1.54, 1.807) is 30.3 Å². The molecule has 0 aromatic heterocycles. The van der Waals surface area contributed by atoms with Crippen molar-refractivity contribution in [2.75, 3.05) is 13.7 Å². The minimum absolute atomic E-state index is 0.204. The molecule has 33 heavy (non-hydrogen) atoms. The number of methoxy groups -OCH3 is 1. The van der Waals surface area contributed by atoms with Crippen molar-refractivity contribution in [2.24, 2.45) is 5.92 Å². The van der Waals surface area contributed by atoms with Gasteiger partial charge in [0.05, 0.1) is 12.7 Å². The second kappa shape index (κ2) is 11.1. The molecule has 0 aliphatic heterocycles. The van der Waals surface area contributed by atoms with Crippen LogP contribution in [-0.2, 0) is 11.3 Å². The lowest BCUT2D eigenvalue weighted by molar-refractivity contribution is 0.0601. The summed E-state index contributed by atoms with van der Waals surface area (Å²) in [5.74, 6) is -0.0366. The highest BCUT2D eigenvalue weighted by molar-refractivity contribution is 6.04. The zero-order valence-electron chi connectivity index (χ0n) is 19.0. The van der Waals surface area contributed by atoms with Gasteiger partial charge in [0.1, 0.15) is 12.4 Å². The Morgan fingerprint density at radius 3 is 2.36 bits per heavy atom. The van der Waals surface area contributed by atoms with Crippen molar-refractivity contribution in [3.63, 3.8) is 0 Å². The maximum Gasteiger partial charge on any atom is 0.338 e. The average molecular weight is 446 g/mol. The lowest BCUT2D eigenvalue weighted by Gasteiger charge is -2.14. The Hall–Kier alpha value is -3.93. The summed E-state index contributed by atoms with van der Waals surface area (Å²) in [4.78, 5) is 36.9. The summed E-state index contributed by atoms with van der Waals surface area (Å²) in [6.07, 6.45) is 0.717. The number of esters is 1. The molecule has 0 unspecified atom stereocenters. The maximum absolute atomic E-state index is 12.5. The highest BCUT2D eigenvalue weighted by Gasteiger charge is 2.19. The van der Waals surface area contributed by atoms with E-state index < -0.39 is 5.97 Å². The Kier molecular flexibility index (Phi) is 7.97. The predicted molar refractivity (Wildman–Crippen MR) is 127 cm³/mol. The van der Waals surface area contributed by atoms with Crippen molar-refractivity contribution in [1.29, 1.82) is 0 Å². The van der Waals surface area contributed by atoms with E-state index in [-0.39, 0.29) is 11.5 Å². The highest BCUT2D eigenvalue weighted by Crippen LogP contribution is 2.31. The van der Waals surface area contributed by atoms with Gasteiger partial charge in [-0.1, -0.05) is 50.2 Å². The quantitative estimate of drug-likeness (QED) is 0.374. The van der Waals surface area contributed by atoms with Crippen LogP contribution in [0.2, 0.25) is 0 Å². The molecule has 1 N–H and O–H groups in total. The van der Waals surface area contributed by atoms with Crippen LogP contribution in [0.25, 0.3) is 11.1 Å². The third kappa shape index (κ3) is 6.07. The molecule has 0 atom stereocenters. The number of hydrogen-bond donors (Lipinski definition) is 1. The molecule has 0 radical (unpaired) electrons. The van der Waals surface area contributed by atoms with Crippen LogP contribution in [0, 0.1) is 5.92 Å². The summed E-state index contributed by atoms with van der Waals surface area (Å²) in [7, 11) is 1.28. The molecule has 0 saturated heterocycles.